The van der Waals surface area contributed by atoms with Gasteiger partial charge in [0, 0.05) is 12.0 Å². The Morgan fingerprint density at radius 1 is 1.26 bits per heavy atom. The minimum atomic E-state index is -0.906. The van der Waals surface area contributed by atoms with Crippen LogP contribution in [0.5, 0.6) is 0 Å². The molecule has 0 radical (unpaired) electrons. The summed E-state index contributed by atoms with van der Waals surface area (Å²) in [6.07, 6.45) is 5.80. The summed E-state index contributed by atoms with van der Waals surface area (Å²) in [4.78, 5) is 22.8. The summed E-state index contributed by atoms with van der Waals surface area (Å²) in [5, 5.41) is 11.6. The van der Waals surface area contributed by atoms with Crippen LogP contribution in [-0.2, 0) is 9.59 Å². The van der Waals surface area contributed by atoms with Crippen molar-refractivity contribution in [1.82, 2.24) is 5.32 Å². The number of amides is 1. The summed E-state index contributed by atoms with van der Waals surface area (Å²) in [5.74, 6) is -0.991. The van der Waals surface area contributed by atoms with Gasteiger partial charge >= 0.3 is 5.97 Å². The highest BCUT2D eigenvalue weighted by Gasteiger charge is 2.34. The van der Waals surface area contributed by atoms with E-state index in [1.54, 1.807) is 13.8 Å². The molecular formula is C14H26N2O3. The first-order valence-electron chi connectivity index (χ1n) is 7.01. The Bertz CT molecular complexity index is 334. The molecule has 0 spiro atoms. The highest BCUT2D eigenvalue weighted by molar-refractivity contribution is 5.78. The maximum atomic E-state index is 12.1. The first-order valence-corrected chi connectivity index (χ1v) is 7.01. The highest BCUT2D eigenvalue weighted by atomic mass is 16.4. The molecule has 0 heterocycles. The zero-order chi connectivity index (χ0) is 14.5. The first-order chi connectivity index (χ1) is 8.79. The Hall–Kier alpha value is -1.10. The monoisotopic (exact) mass is 270 g/mol. The van der Waals surface area contributed by atoms with Gasteiger partial charge in [-0.3, -0.25) is 9.59 Å². The Kier molecular flexibility index (Phi) is 5.35. The maximum absolute atomic E-state index is 12.1. The van der Waals surface area contributed by atoms with E-state index in [-0.39, 0.29) is 17.7 Å². The predicted octanol–water partition coefficient (Wildman–Crippen LogP) is 1.66. The van der Waals surface area contributed by atoms with Crippen LogP contribution in [0.1, 0.15) is 58.8 Å². The molecular weight excluding hydrogens is 244 g/mol. The van der Waals surface area contributed by atoms with Gasteiger partial charge in [0.05, 0.1) is 6.42 Å². The molecule has 0 aromatic heterocycles. The van der Waals surface area contributed by atoms with Gasteiger partial charge in [-0.05, 0) is 38.6 Å². The number of hydrogen-bond donors (Lipinski definition) is 3. The minimum absolute atomic E-state index is 0.0750. The van der Waals surface area contributed by atoms with E-state index >= 15 is 0 Å². The molecule has 110 valence electrons. The summed E-state index contributed by atoms with van der Waals surface area (Å²) in [6.45, 7) is 3.99. The van der Waals surface area contributed by atoms with E-state index < -0.39 is 11.5 Å². The molecule has 5 nitrogen and oxygen atoms in total. The topological polar surface area (TPSA) is 92.4 Å². The summed E-state index contributed by atoms with van der Waals surface area (Å²) in [5.41, 5.74) is 5.06. The fourth-order valence-electron chi connectivity index (χ4n) is 2.94. The van der Waals surface area contributed by atoms with Crippen molar-refractivity contribution in [3.63, 3.8) is 0 Å². The van der Waals surface area contributed by atoms with Crippen molar-refractivity contribution in [1.29, 1.82) is 0 Å². The quantitative estimate of drug-likeness (QED) is 0.684. The molecule has 0 unspecified atom stereocenters. The van der Waals surface area contributed by atoms with Crippen molar-refractivity contribution >= 4 is 11.9 Å². The largest absolute Gasteiger partial charge is 0.481 e. The molecule has 0 saturated heterocycles. The minimum Gasteiger partial charge on any atom is -0.481 e. The first kappa shape index (κ1) is 16.0. The molecule has 5 heteroatoms. The number of hydrogen-bond acceptors (Lipinski definition) is 3. The summed E-state index contributed by atoms with van der Waals surface area (Å²) in [6, 6.07) is 0. The van der Waals surface area contributed by atoms with Gasteiger partial charge in [0.15, 0.2) is 0 Å². The van der Waals surface area contributed by atoms with Crippen LogP contribution in [-0.4, -0.2) is 29.1 Å². The lowest BCUT2D eigenvalue weighted by molar-refractivity contribution is -0.138. The van der Waals surface area contributed by atoms with E-state index in [1.165, 1.54) is 6.42 Å². The van der Waals surface area contributed by atoms with Crippen molar-refractivity contribution in [3.05, 3.63) is 0 Å². The van der Waals surface area contributed by atoms with E-state index in [4.69, 9.17) is 10.8 Å². The van der Waals surface area contributed by atoms with Crippen LogP contribution in [0.15, 0.2) is 0 Å². The fourth-order valence-corrected chi connectivity index (χ4v) is 2.94. The average molecular weight is 270 g/mol. The second-order valence-electron chi connectivity index (χ2n) is 6.44. The molecule has 0 aromatic carbocycles. The van der Waals surface area contributed by atoms with Crippen LogP contribution in [0, 0.1) is 5.41 Å². The molecule has 1 amide bonds. The number of nitrogens with one attached hydrogen (secondary N) is 1. The molecule has 1 aliphatic rings. The van der Waals surface area contributed by atoms with E-state index in [0.717, 1.165) is 25.7 Å². The van der Waals surface area contributed by atoms with Crippen LogP contribution in [0.4, 0.5) is 0 Å². The second-order valence-corrected chi connectivity index (χ2v) is 6.44. The van der Waals surface area contributed by atoms with Crippen molar-refractivity contribution in [2.75, 3.05) is 6.54 Å². The molecule has 1 rings (SSSR count). The Labute approximate surface area is 114 Å². The molecule has 0 aliphatic heterocycles. The number of carboxylic acids is 1. The number of carbonyl (C=O) groups excluding carboxylic acids is 1. The molecule has 0 bridgehead atoms. The van der Waals surface area contributed by atoms with Gasteiger partial charge in [0.25, 0.3) is 0 Å². The molecule has 1 aliphatic carbocycles. The predicted molar refractivity (Wildman–Crippen MR) is 73.7 cm³/mol. The molecule has 4 N–H and O–H groups in total. The Morgan fingerprint density at radius 3 is 2.32 bits per heavy atom. The van der Waals surface area contributed by atoms with E-state index in [0.29, 0.717) is 13.0 Å². The number of rotatable bonds is 6. The Morgan fingerprint density at radius 2 is 1.84 bits per heavy atom. The normalized spacial score (nSPS) is 18.9. The fraction of sp³-hybridized carbons (Fsp3) is 0.857. The smallest absolute Gasteiger partial charge is 0.305 e. The Balaban J connectivity index is 2.55. The van der Waals surface area contributed by atoms with Gasteiger partial charge in [0.2, 0.25) is 5.91 Å². The third kappa shape index (κ3) is 5.19. The van der Waals surface area contributed by atoms with Crippen LogP contribution >= 0.6 is 0 Å². The van der Waals surface area contributed by atoms with Crippen molar-refractivity contribution in [2.24, 2.45) is 11.1 Å². The number of carbonyl (C=O) groups is 2. The van der Waals surface area contributed by atoms with Gasteiger partial charge < -0.3 is 16.2 Å². The van der Waals surface area contributed by atoms with Crippen molar-refractivity contribution in [2.45, 2.75) is 64.3 Å². The van der Waals surface area contributed by atoms with E-state index in [1.807, 2.05) is 0 Å². The zero-order valence-electron chi connectivity index (χ0n) is 12.0. The SMILES string of the molecule is CC(C)(CC(=O)O)NC(=O)CC1(CN)CCCCC1. The van der Waals surface area contributed by atoms with Crippen LogP contribution in [0.25, 0.3) is 0 Å². The number of aliphatic carboxylic acids is 1. The highest BCUT2D eigenvalue weighted by Crippen LogP contribution is 2.38. The lowest BCUT2D eigenvalue weighted by Crippen LogP contribution is -2.47. The lowest BCUT2D eigenvalue weighted by Gasteiger charge is -2.36. The van der Waals surface area contributed by atoms with Gasteiger partial charge in [-0.1, -0.05) is 19.3 Å². The third-order valence-corrected chi connectivity index (χ3v) is 3.95. The van der Waals surface area contributed by atoms with E-state index in [9.17, 15) is 9.59 Å². The summed E-state index contributed by atoms with van der Waals surface area (Å²) >= 11 is 0. The van der Waals surface area contributed by atoms with Crippen LogP contribution in [0.2, 0.25) is 0 Å². The average Bonchev–Trinajstić information content (AvgIpc) is 2.27. The lowest BCUT2D eigenvalue weighted by atomic mass is 9.71. The molecule has 1 fully saturated rings. The van der Waals surface area contributed by atoms with Crippen LogP contribution < -0.4 is 11.1 Å². The number of nitrogens with two attached hydrogens (primary N) is 1. The molecule has 1 saturated carbocycles. The van der Waals surface area contributed by atoms with Crippen molar-refractivity contribution in [3.8, 4) is 0 Å². The van der Waals surface area contributed by atoms with E-state index in [2.05, 4.69) is 5.32 Å². The number of carboxylic acid groups (broad SMARTS) is 1. The van der Waals surface area contributed by atoms with Crippen LogP contribution in [0.3, 0.4) is 0 Å². The zero-order valence-corrected chi connectivity index (χ0v) is 12.0. The third-order valence-electron chi connectivity index (χ3n) is 3.95. The van der Waals surface area contributed by atoms with Gasteiger partial charge in [-0.15, -0.1) is 0 Å². The molecule has 0 aromatic rings. The standard InChI is InChI=1S/C14H26N2O3/c1-13(2,9-12(18)19)16-11(17)8-14(10-15)6-4-3-5-7-14/h3-10,15H2,1-2H3,(H,16,17)(H,18,19). The molecule has 19 heavy (non-hydrogen) atoms. The summed E-state index contributed by atoms with van der Waals surface area (Å²) < 4.78 is 0. The maximum Gasteiger partial charge on any atom is 0.305 e. The molecule has 0 atom stereocenters. The summed E-state index contributed by atoms with van der Waals surface area (Å²) in [7, 11) is 0. The second kappa shape index (κ2) is 6.37. The van der Waals surface area contributed by atoms with Gasteiger partial charge in [-0.2, -0.15) is 0 Å². The van der Waals surface area contributed by atoms with Crippen molar-refractivity contribution < 1.29 is 14.7 Å². The van der Waals surface area contributed by atoms with Gasteiger partial charge in [0.1, 0.15) is 0 Å². The van der Waals surface area contributed by atoms with Gasteiger partial charge in [-0.25, -0.2) is 0 Å².